The number of ether oxygens (including phenoxy) is 1. The molecule has 0 radical (unpaired) electrons. The van der Waals surface area contributed by atoms with Gasteiger partial charge in [-0.2, -0.15) is 0 Å². The van der Waals surface area contributed by atoms with Gasteiger partial charge in [0.05, 0.1) is 11.5 Å². The zero-order valence-corrected chi connectivity index (χ0v) is 21.3. The van der Waals surface area contributed by atoms with Gasteiger partial charge in [-0.25, -0.2) is 0 Å². The molecule has 0 aromatic heterocycles. The molecule has 0 bridgehead atoms. The Bertz CT molecular complexity index is 509. The SMILES string of the molecule is CCC(C)(CC(C)N1CCCC1=O)C(=O)OC(C[Si](C)(C)C)C[Si](C)(C)C. The number of hydrogen-bond donors (Lipinski definition) is 0. The summed E-state index contributed by atoms with van der Waals surface area (Å²) >= 11 is 0. The Balaban J connectivity index is 2.86. The van der Waals surface area contributed by atoms with Gasteiger partial charge in [-0.3, -0.25) is 9.59 Å². The van der Waals surface area contributed by atoms with E-state index in [1.165, 1.54) is 0 Å². The van der Waals surface area contributed by atoms with Crippen LogP contribution in [0.5, 0.6) is 0 Å². The highest BCUT2D eigenvalue weighted by atomic mass is 28.3. The van der Waals surface area contributed by atoms with Crippen LogP contribution in [0.2, 0.25) is 51.4 Å². The van der Waals surface area contributed by atoms with Crippen LogP contribution >= 0.6 is 0 Å². The minimum absolute atomic E-state index is 0.0467. The van der Waals surface area contributed by atoms with Crippen LogP contribution in [0.4, 0.5) is 0 Å². The van der Waals surface area contributed by atoms with E-state index in [9.17, 15) is 9.59 Å². The molecule has 1 heterocycles. The van der Waals surface area contributed by atoms with Crippen molar-refractivity contribution in [3.8, 4) is 0 Å². The molecule has 0 N–H and O–H groups in total. The van der Waals surface area contributed by atoms with Gasteiger partial charge in [0.2, 0.25) is 5.91 Å². The zero-order chi connectivity index (χ0) is 21.0. The van der Waals surface area contributed by atoms with Crippen molar-refractivity contribution in [3.05, 3.63) is 0 Å². The van der Waals surface area contributed by atoms with Crippen molar-refractivity contribution < 1.29 is 14.3 Å². The molecule has 1 aliphatic rings. The number of carbonyl (C=O) groups excluding carboxylic acids is 2. The predicted octanol–water partition coefficient (Wildman–Crippen LogP) is 5.39. The summed E-state index contributed by atoms with van der Waals surface area (Å²) in [6.45, 7) is 21.1. The monoisotopic (exact) mass is 413 g/mol. The van der Waals surface area contributed by atoms with Crippen LogP contribution in [0, 0.1) is 5.41 Å². The fraction of sp³-hybridized carbons (Fsp3) is 0.905. The first kappa shape index (κ1) is 24.4. The zero-order valence-electron chi connectivity index (χ0n) is 19.3. The quantitative estimate of drug-likeness (QED) is 0.356. The fourth-order valence-electron chi connectivity index (χ4n) is 4.08. The number of rotatable bonds is 10. The Hall–Kier alpha value is -0.626. The lowest BCUT2D eigenvalue weighted by Crippen LogP contribution is -2.43. The number of carbonyl (C=O) groups is 2. The second-order valence-corrected chi connectivity index (χ2v) is 22.3. The van der Waals surface area contributed by atoms with E-state index in [0.29, 0.717) is 12.8 Å². The van der Waals surface area contributed by atoms with Crippen molar-refractivity contribution in [2.75, 3.05) is 6.54 Å². The van der Waals surface area contributed by atoms with Crippen LogP contribution in [0.1, 0.15) is 46.5 Å². The molecule has 0 aromatic carbocycles. The minimum atomic E-state index is -1.33. The first-order valence-electron chi connectivity index (χ1n) is 10.7. The minimum Gasteiger partial charge on any atom is -0.463 e. The van der Waals surface area contributed by atoms with Crippen LogP contribution in [0.3, 0.4) is 0 Å². The Morgan fingerprint density at radius 3 is 2.04 bits per heavy atom. The highest BCUT2D eigenvalue weighted by Crippen LogP contribution is 2.34. The average Bonchev–Trinajstić information content (AvgIpc) is 2.89. The van der Waals surface area contributed by atoms with Gasteiger partial charge in [0.1, 0.15) is 0 Å². The first-order valence-corrected chi connectivity index (χ1v) is 18.1. The highest BCUT2D eigenvalue weighted by Gasteiger charge is 2.40. The molecular weight excluding hydrogens is 370 g/mol. The Morgan fingerprint density at radius 1 is 1.15 bits per heavy atom. The van der Waals surface area contributed by atoms with Crippen LogP contribution in [0.15, 0.2) is 0 Å². The Kier molecular flexibility index (Phi) is 8.36. The van der Waals surface area contributed by atoms with Crippen LogP contribution in [-0.2, 0) is 14.3 Å². The topological polar surface area (TPSA) is 46.6 Å². The molecule has 1 aliphatic heterocycles. The third-order valence-electron chi connectivity index (χ3n) is 5.61. The molecule has 1 amide bonds. The summed E-state index contributed by atoms with van der Waals surface area (Å²) in [5.74, 6) is 0.162. The molecule has 158 valence electrons. The lowest BCUT2D eigenvalue weighted by molar-refractivity contribution is -0.161. The third-order valence-corrected chi connectivity index (χ3v) is 8.98. The predicted molar refractivity (Wildman–Crippen MR) is 120 cm³/mol. The molecule has 0 spiro atoms. The van der Waals surface area contributed by atoms with E-state index in [1.54, 1.807) is 0 Å². The maximum atomic E-state index is 13.2. The van der Waals surface area contributed by atoms with Crippen molar-refractivity contribution in [2.24, 2.45) is 5.41 Å². The lowest BCUT2D eigenvalue weighted by atomic mass is 9.81. The summed E-state index contributed by atoms with van der Waals surface area (Å²) in [5, 5.41) is 0. The van der Waals surface area contributed by atoms with Gasteiger partial charge in [0, 0.05) is 35.2 Å². The Labute approximate surface area is 169 Å². The first-order chi connectivity index (χ1) is 12.2. The van der Waals surface area contributed by atoms with E-state index < -0.39 is 21.6 Å². The molecule has 1 rings (SSSR count). The van der Waals surface area contributed by atoms with Gasteiger partial charge in [-0.05, 0) is 45.2 Å². The summed E-state index contributed by atoms with van der Waals surface area (Å²) in [6, 6.07) is 2.15. The van der Waals surface area contributed by atoms with Gasteiger partial charge in [-0.15, -0.1) is 0 Å². The second-order valence-electron chi connectivity index (χ2n) is 11.2. The smallest absolute Gasteiger partial charge is 0.312 e. The van der Waals surface area contributed by atoms with Crippen molar-refractivity contribution in [3.63, 3.8) is 0 Å². The maximum absolute atomic E-state index is 13.2. The Morgan fingerprint density at radius 2 is 1.67 bits per heavy atom. The maximum Gasteiger partial charge on any atom is 0.312 e. The lowest BCUT2D eigenvalue weighted by Gasteiger charge is -2.36. The van der Waals surface area contributed by atoms with Gasteiger partial charge in [-0.1, -0.05) is 46.2 Å². The number of esters is 1. The molecule has 27 heavy (non-hydrogen) atoms. The standard InChI is InChI=1S/C21H43NO3Si2/c1-10-21(3,14-17(2)22-13-11-12-19(22)23)20(24)25-18(15-26(4,5)6)16-27(7,8)9/h17-18H,10-16H2,1-9H3. The van der Waals surface area contributed by atoms with Crippen LogP contribution in [-0.4, -0.2) is 51.6 Å². The second kappa shape index (κ2) is 9.25. The molecule has 4 nitrogen and oxygen atoms in total. The molecule has 6 heteroatoms. The van der Waals surface area contributed by atoms with E-state index in [-0.39, 0.29) is 24.0 Å². The van der Waals surface area contributed by atoms with Gasteiger partial charge < -0.3 is 9.64 Å². The third kappa shape index (κ3) is 8.10. The van der Waals surface area contributed by atoms with Crippen molar-refractivity contribution in [2.45, 2.75) is 110 Å². The van der Waals surface area contributed by atoms with Crippen molar-refractivity contribution >= 4 is 28.0 Å². The fourth-order valence-corrected chi connectivity index (χ4v) is 7.56. The van der Waals surface area contributed by atoms with E-state index >= 15 is 0 Å². The molecule has 0 aliphatic carbocycles. The molecule has 2 unspecified atom stereocenters. The summed E-state index contributed by atoms with van der Waals surface area (Å²) in [7, 11) is -2.65. The molecule has 2 atom stereocenters. The van der Waals surface area contributed by atoms with E-state index in [0.717, 1.165) is 31.5 Å². The molecule has 0 aromatic rings. The average molecular weight is 414 g/mol. The molecule has 1 fully saturated rings. The normalized spacial score (nSPS) is 19.3. The van der Waals surface area contributed by atoms with Crippen LogP contribution in [0.25, 0.3) is 0 Å². The highest BCUT2D eigenvalue weighted by molar-refractivity contribution is 6.78. The summed E-state index contributed by atoms with van der Waals surface area (Å²) in [4.78, 5) is 27.2. The van der Waals surface area contributed by atoms with E-state index in [4.69, 9.17) is 4.74 Å². The molecule has 1 saturated heterocycles. The largest absolute Gasteiger partial charge is 0.463 e. The number of amides is 1. The van der Waals surface area contributed by atoms with Gasteiger partial charge in [0.25, 0.3) is 0 Å². The van der Waals surface area contributed by atoms with E-state index in [2.05, 4.69) is 53.1 Å². The number of nitrogens with zero attached hydrogens (tertiary/aromatic N) is 1. The van der Waals surface area contributed by atoms with Crippen molar-refractivity contribution in [1.29, 1.82) is 0 Å². The van der Waals surface area contributed by atoms with Crippen molar-refractivity contribution in [1.82, 2.24) is 4.90 Å². The van der Waals surface area contributed by atoms with Crippen LogP contribution < -0.4 is 0 Å². The molecule has 0 saturated carbocycles. The van der Waals surface area contributed by atoms with Gasteiger partial charge >= 0.3 is 5.97 Å². The van der Waals surface area contributed by atoms with Gasteiger partial charge in [0.15, 0.2) is 0 Å². The summed E-state index contributed by atoms with van der Waals surface area (Å²) in [6.07, 6.45) is 3.05. The van der Waals surface area contributed by atoms with E-state index in [1.807, 2.05) is 11.8 Å². The summed E-state index contributed by atoms with van der Waals surface area (Å²) in [5.41, 5.74) is -0.528. The number of likely N-dealkylation sites (tertiary alicyclic amines) is 1. The summed E-state index contributed by atoms with van der Waals surface area (Å²) < 4.78 is 6.18. The molecular formula is C21H43NO3Si2. The number of hydrogen-bond acceptors (Lipinski definition) is 3.